The fourth-order valence-corrected chi connectivity index (χ4v) is 4.82. The Balaban J connectivity index is 1.83. The molecule has 176 valence electrons. The summed E-state index contributed by atoms with van der Waals surface area (Å²) in [4.78, 5) is 4.79. The zero-order chi connectivity index (χ0) is 24.0. The van der Waals surface area contributed by atoms with Gasteiger partial charge in [-0.1, -0.05) is 80.4 Å². The van der Waals surface area contributed by atoms with Gasteiger partial charge in [0.25, 0.3) is 0 Å². The molecule has 3 aromatic carbocycles. The molecule has 4 rings (SSSR count). The van der Waals surface area contributed by atoms with Crippen molar-refractivity contribution >= 4 is 10.9 Å². The molecule has 0 fully saturated rings. The number of aryl methyl sites for hydroxylation is 1. The SMILES string of the molecule is CCCCC(O)(CCc1ccc(F)cc1)C(c1ccccc1)c1cc2ccccc2nc1OC. The summed E-state index contributed by atoms with van der Waals surface area (Å²) in [6.07, 6.45) is 3.70. The third-order valence-corrected chi connectivity index (χ3v) is 6.61. The van der Waals surface area contributed by atoms with Crippen molar-refractivity contribution in [1.82, 2.24) is 4.98 Å². The Morgan fingerprint density at radius 2 is 1.65 bits per heavy atom. The van der Waals surface area contributed by atoms with Crippen LogP contribution in [-0.4, -0.2) is 22.8 Å². The van der Waals surface area contributed by atoms with Crippen LogP contribution in [0.4, 0.5) is 4.39 Å². The first-order valence-electron chi connectivity index (χ1n) is 12.0. The van der Waals surface area contributed by atoms with Crippen molar-refractivity contribution in [2.45, 2.75) is 50.5 Å². The monoisotopic (exact) mass is 457 g/mol. The van der Waals surface area contributed by atoms with Gasteiger partial charge in [-0.3, -0.25) is 0 Å². The Labute approximate surface area is 201 Å². The van der Waals surface area contributed by atoms with Crippen molar-refractivity contribution in [3.8, 4) is 5.88 Å². The lowest BCUT2D eigenvalue weighted by molar-refractivity contribution is 0.00416. The molecule has 0 aliphatic heterocycles. The molecule has 0 radical (unpaired) electrons. The first kappa shape index (κ1) is 23.9. The number of para-hydroxylation sites is 1. The van der Waals surface area contributed by atoms with Gasteiger partial charge in [0, 0.05) is 16.9 Å². The van der Waals surface area contributed by atoms with E-state index in [1.165, 1.54) is 12.1 Å². The van der Waals surface area contributed by atoms with E-state index in [1.54, 1.807) is 19.2 Å². The van der Waals surface area contributed by atoms with E-state index in [2.05, 4.69) is 25.1 Å². The largest absolute Gasteiger partial charge is 0.481 e. The summed E-state index contributed by atoms with van der Waals surface area (Å²) >= 11 is 0. The molecule has 3 nitrogen and oxygen atoms in total. The molecule has 1 N–H and O–H groups in total. The number of hydrogen-bond acceptors (Lipinski definition) is 3. The summed E-state index contributed by atoms with van der Waals surface area (Å²) in [6, 6.07) is 26.7. The first-order valence-corrected chi connectivity index (χ1v) is 12.0. The fourth-order valence-electron chi connectivity index (χ4n) is 4.82. The Hall–Kier alpha value is -3.24. The Morgan fingerprint density at radius 1 is 0.941 bits per heavy atom. The van der Waals surface area contributed by atoms with Gasteiger partial charge < -0.3 is 9.84 Å². The highest BCUT2D eigenvalue weighted by Gasteiger charge is 2.40. The molecule has 4 aromatic rings. The highest BCUT2D eigenvalue weighted by Crippen LogP contribution is 2.44. The molecule has 0 saturated heterocycles. The van der Waals surface area contributed by atoms with E-state index in [0.29, 0.717) is 25.1 Å². The standard InChI is InChI=1S/C30H32FNO2/c1-3-4-19-30(33,20-18-22-14-16-25(31)17-15-22)28(23-10-6-5-7-11-23)26-21-24-12-8-9-13-27(24)32-29(26)34-2/h5-17,21,28,33H,3-4,18-20H2,1-2H3. The summed E-state index contributed by atoms with van der Waals surface area (Å²) < 4.78 is 19.2. The molecule has 0 bridgehead atoms. The molecular formula is C30H32FNO2. The van der Waals surface area contributed by atoms with Crippen LogP contribution in [0.3, 0.4) is 0 Å². The molecule has 1 aromatic heterocycles. The topological polar surface area (TPSA) is 42.4 Å². The number of aliphatic hydroxyl groups is 1. The van der Waals surface area contributed by atoms with E-state index in [9.17, 15) is 9.50 Å². The minimum atomic E-state index is -1.04. The molecule has 34 heavy (non-hydrogen) atoms. The lowest BCUT2D eigenvalue weighted by Crippen LogP contribution is -2.38. The Bertz CT molecular complexity index is 1210. The molecule has 1 heterocycles. The van der Waals surface area contributed by atoms with Crippen molar-refractivity contribution < 1.29 is 14.2 Å². The first-order chi connectivity index (χ1) is 16.5. The minimum Gasteiger partial charge on any atom is -0.481 e. The van der Waals surface area contributed by atoms with Gasteiger partial charge in [-0.15, -0.1) is 0 Å². The van der Waals surface area contributed by atoms with Gasteiger partial charge in [0.05, 0.1) is 18.2 Å². The van der Waals surface area contributed by atoms with Crippen LogP contribution in [0.2, 0.25) is 0 Å². The van der Waals surface area contributed by atoms with Crippen molar-refractivity contribution in [2.24, 2.45) is 0 Å². The number of aromatic nitrogens is 1. The smallest absolute Gasteiger partial charge is 0.217 e. The third-order valence-electron chi connectivity index (χ3n) is 6.61. The number of fused-ring (bicyclic) bond motifs is 1. The number of unbranched alkanes of at least 4 members (excludes halogenated alkanes) is 1. The zero-order valence-electron chi connectivity index (χ0n) is 19.9. The highest BCUT2D eigenvalue weighted by molar-refractivity contribution is 5.80. The van der Waals surface area contributed by atoms with Gasteiger partial charge in [0.1, 0.15) is 5.82 Å². The van der Waals surface area contributed by atoms with Crippen LogP contribution in [0, 0.1) is 5.82 Å². The van der Waals surface area contributed by atoms with Crippen LogP contribution in [0.15, 0.2) is 84.9 Å². The van der Waals surface area contributed by atoms with Crippen LogP contribution in [0.25, 0.3) is 10.9 Å². The number of ether oxygens (including phenoxy) is 1. The van der Waals surface area contributed by atoms with Crippen LogP contribution < -0.4 is 4.74 Å². The normalized spacial score (nSPS) is 14.0. The van der Waals surface area contributed by atoms with E-state index in [4.69, 9.17) is 9.72 Å². The molecule has 4 heteroatoms. The summed E-state index contributed by atoms with van der Waals surface area (Å²) in [7, 11) is 1.63. The van der Waals surface area contributed by atoms with Gasteiger partial charge in [0.15, 0.2) is 0 Å². The molecular weight excluding hydrogens is 425 g/mol. The number of methoxy groups -OCH3 is 1. The number of halogens is 1. The predicted octanol–water partition coefficient (Wildman–Crippen LogP) is 7.07. The fraction of sp³-hybridized carbons (Fsp3) is 0.300. The number of pyridine rings is 1. The molecule has 0 amide bonds. The van der Waals surface area contributed by atoms with E-state index in [1.807, 2.05) is 42.5 Å². The third kappa shape index (κ3) is 5.28. The predicted molar refractivity (Wildman–Crippen MR) is 136 cm³/mol. The molecule has 0 saturated carbocycles. The second-order valence-corrected chi connectivity index (χ2v) is 8.96. The zero-order valence-corrected chi connectivity index (χ0v) is 19.9. The molecule has 0 spiro atoms. The number of rotatable bonds is 10. The number of benzene rings is 3. The lowest BCUT2D eigenvalue weighted by atomic mass is 9.72. The van der Waals surface area contributed by atoms with Gasteiger partial charge >= 0.3 is 0 Å². The van der Waals surface area contributed by atoms with E-state index >= 15 is 0 Å². The van der Waals surface area contributed by atoms with E-state index in [-0.39, 0.29) is 11.7 Å². The maximum atomic E-state index is 13.4. The van der Waals surface area contributed by atoms with Crippen LogP contribution >= 0.6 is 0 Å². The van der Waals surface area contributed by atoms with Gasteiger partial charge in [0.2, 0.25) is 5.88 Å². The van der Waals surface area contributed by atoms with Crippen molar-refractivity contribution in [1.29, 1.82) is 0 Å². The summed E-state index contributed by atoms with van der Waals surface area (Å²) in [6.45, 7) is 2.14. The summed E-state index contributed by atoms with van der Waals surface area (Å²) in [5.74, 6) is -0.0452. The van der Waals surface area contributed by atoms with Crippen molar-refractivity contribution in [2.75, 3.05) is 7.11 Å². The molecule has 2 unspecified atom stereocenters. The molecule has 0 aliphatic carbocycles. The summed E-state index contributed by atoms with van der Waals surface area (Å²) in [5, 5.41) is 13.4. The number of nitrogens with zero attached hydrogens (tertiary/aromatic N) is 1. The minimum absolute atomic E-state index is 0.251. The van der Waals surface area contributed by atoms with Crippen LogP contribution in [-0.2, 0) is 6.42 Å². The van der Waals surface area contributed by atoms with Crippen molar-refractivity contribution in [3.63, 3.8) is 0 Å². The quantitative estimate of drug-likeness (QED) is 0.277. The highest BCUT2D eigenvalue weighted by atomic mass is 19.1. The van der Waals surface area contributed by atoms with Gasteiger partial charge in [-0.25, -0.2) is 9.37 Å². The average molecular weight is 458 g/mol. The number of hydrogen-bond donors (Lipinski definition) is 1. The maximum Gasteiger partial charge on any atom is 0.217 e. The van der Waals surface area contributed by atoms with Crippen molar-refractivity contribution in [3.05, 3.63) is 107 Å². The summed E-state index contributed by atoms with van der Waals surface area (Å²) in [5.41, 5.74) is 2.73. The van der Waals surface area contributed by atoms with Gasteiger partial charge in [-0.2, -0.15) is 0 Å². The van der Waals surface area contributed by atoms with Gasteiger partial charge in [-0.05, 0) is 54.7 Å². The van der Waals surface area contributed by atoms with E-state index in [0.717, 1.165) is 40.4 Å². The molecule has 0 aliphatic rings. The second-order valence-electron chi connectivity index (χ2n) is 8.96. The van der Waals surface area contributed by atoms with Crippen LogP contribution in [0.1, 0.15) is 55.2 Å². The Kier molecular flexibility index (Phi) is 7.59. The second kappa shape index (κ2) is 10.8. The average Bonchev–Trinajstić information content (AvgIpc) is 2.87. The lowest BCUT2D eigenvalue weighted by Gasteiger charge is -2.38. The molecule has 2 atom stereocenters. The Morgan fingerprint density at radius 3 is 2.35 bits per heavy atom. The van der Waals surface area contributed by atoms with E-state index < -0.39 is 5.60 Å². The maximum absolute atomic E-state index is 13.4. The van der Waals surface area contributed by atoms with Crippen LogP contribution in [0.5, 0.6) is 5.88 Å².